The van der Waals surface area contributed by atoms with Crippen molar-refractivity contribution in [2.45, 2.75) is 64.2 Å². The van der Waals surface area contributed by atoms with Crippen LogP contribution in [0.4, 0.5) is 13.2 Å². The summed E-state index contributed by atoms with van der Waals surface area (Å²) in [5.74, 6) is 2.69. The zero-order valence-corrected chi connectivity index (χ0v) is 17.6. The van der Waals surface area contributed by atoms with E-state index < -0.39 is 17.5 Å². The number of allylic oxidation sites excluding steroid dienone is 2. The Morgan fingerprint density at radius 1 is 0.933 bits per heavy atom. The van der Waals surface area contributed by atoms with Crippen LogP contribution < -0.4 is 0 Å². The summed E-state index contributed by atoms with van der Waals surface area (Å²) in [7, 11) is 0. The Bertz CT molecular complexity index is 884. The van der Waals surface area contributed by atoms with Gasteiger partial charge in [-0.2, -0.15) is 0 Å². The molecule has 1 aliphatic rings. The molecule has 1 aliphatic carbocycles. The van der Waals surface area contributed by atoms with Crippen molar-refractivity contribution < 1.29 is 13.2 Å². The number of rotatable bonds is 6. The van der Waals surface area contributed by atoms with Crippen LogP contribution in [-0.2, 0) is 6.42 Å². The van der Waals surface area contributed by atoms with Crippen molar-refractivity contribution in [3.63, 3.8) is 0 Å². The fourth-order valence-corrected chi connectivity index (χ4v) is 4.12. The lowest BCUT2D eigenvalue weighted by Gasteiger charge is -2.27. The maximum atomic E-state index is 13.2. The van der Waals surface area contributed by atoms with Crippen molar-refractivity contribution in [3.05, 3.63) is 82.7 Å². The van der Waals surface area contributed by atoms with E-state index in [0.717, 1.165) is 37.8 Å². The van der Waals surface area contributed by atoms with Crippen molar-refractivity contribution in [2.75, 3.05) is 0 Å². The molecule has 0 saturated heterocycles. The number of hydrogen-bond donors (Lipinski definition) is 0. The van der Waals surface area contributed by atoms with E-state index in [4.69, 9.17) is 0 Å². The van der Waals surface area contributed by atoms with E-state index >= 15 is 0 Å². The third-order valence-electron chi connectivity index (χ3n) is 5.94. The maximum Gasteiger partial charge on any atom is 0.194 e. The van der Waals surface area contributed by atoms with Gasteiger partial charge in [0.15, 0.2) is 17.5 Å². The van der Waals surface area contributed by atoms with Crippen LogP contribution >= 0.6 is 0 Å². The molecular formula is C27H29F3. The van der Waals surface area contributed by atoms with Crippen molar-refractivity contribution in [1.82, 2.24) is 0 Å². The van der Waals surface area contributed by atoms with Crippen molar-refractivity contribution in [3.8, 4) is 11.8 Å². The number of benzene rings is 2. The summed E-state index contributed by atoms with van der Waals surface area (Å²) in [6.45, 7) is 2.23. The first-order chi connectivity index (χ1) is 14.6. The highest BCUT2D eigenvalue weighted by Gasteiger charge is 2.20. The molecule has 2 aromatic rings. The summed E-state index contributed by atoms with van der Waals surface area (Å²) in [6, 6.07) is 11.0. The summed E-state index contributed by atoms with van der Waals surface area (Å²) >= 11 is 0. The van der Waals surface area contributed by atoms with E-state index in [1.165, 1.54) is 36.8 Å². The number of aryl methyl sites for hydroxylation is 1. The molecule has 0 bridgehead atoms. The van der Waals surface area contributed by atoms with E-state index in [1.807, 2.05) is 0 Å². The number of hydrogen-bond acceptors (Lipinski definition) is 0. The van der Waals surface area contributed by atoms with Crippen LogP contribution in [0.2, 0.25) is 0 Å². The van der Waals surface area contributed by atoms with Crippen molar-refractivity contribution >= 4 is 0 Å². The first-order valence-corrected chi connectivity index (χ1v) is 11.0. The molecule has 1 fully saturated rings. The highest BCUT2D eigenvalue weighted by atomic mass is 19.2. The normalized spacial score (nSPS) is 18.9. The second-order valence-corrected chi connectivity index (χ2v) is 8.19. The van der Waals surface area contributed by atoms with Gasteiger partial charge in [-0.3, -0.25) is 0 Å². The van der Waals surface area contributed by atoms with Gasteiger partial charge in [0.05, 0.1) is 0 Å². The van der Waals surface area contributed by atoms with Gasteiger partial charge in [-0.05, 0) is 79.7 Å². The average Bonchev–Trinajstić information content (AvgIpc) is 2.76. The molecule has 0 spiro atoms. The minimum atomic E-state index is -1.46. The van der Waals surface area contributed by atoms with Crippen LogP contribution in [0.15, 0.2) is 48.6 Å². The fraction of sp³-hybridized carbons (Fsp3) is 0.407. The second-order valence-electron chi connectivity index (χ2n) is 8.19. The van der Waals surface area contributed by atoms with Crippen LogP contribution in [0.3, 0.4) is 0 Å². The lowest BCUT2D eigenvalue weighted by Crippen LogP contribution is -2.11. The molecule has 0 atom stereocenters. The predicted molar refractivity (Wildman–Crippen MR) is 117 cm³/mol. The lowest BCUT2D eigenvalue weighted by molar-refractivity contribution is 0.376. The maximum absolute atomic E-state index is 13.2. The molecule has 3 heteroatoms. The SMILES string of the molecule is CCCCCc1ccc([C@H]2CC[C@H](/C=C/C#Cc3cc(F)c(F)c(F)c3)CC2)cc1. The smallest absolute Gasteiger partial charge is 0.194 e. The largest absolute Gasteiger partial charge is 0.204 e. The summed E-state index contributed by atoms with van der Waals surface area (Å²) < 4.78 is 39.4. The molecule has 0 N–H and O–H groups in total. The van der Waals surface area contributed by atoms with Crippen LogP contribution in [0.5, 0.6) is 0 Å². The second kappa shape index (κ2) is 11.1. The van der Waals surface area contributed by atoms with E-state index in [-0.39, 0.29) is 5.56 Å². The monoisotopic (exact) mass is 410 g/mol. The van der Waals surface area contributed by atoms with E-state index in [9.17, 15) is 13.2 Å². The summed E-state index contributed by atoms with van der Waals surface area (Å²) in [5, 5.41) is 0. The van der Waals surface area contributed by atoms with Crippen LogP contribution in [0.25, 0.3) is 0 Å². The van der Waals surface area contributed by atoms with E-state index in [2.05, 4.69) is 49.1 Å². The average molecular weight is 411 g/mol. The molecule has 0 amide bonds. The zero-order chi connectivity index (χ0) is 21.3. The molecule has 158 valence electrons. The van der Waals surface area contributed by atoms with Gasteiger partial charge in [0.1, 0.15) is 0 Å². The Kier molecular flexibility index (Phi) is 8.20. The Morgan fingerprint density at radius 3 is 2.23 bits per heavy atom. The van der Waals surface area contributed by atoms with Gasteiger partial charge in [0.2, 0.25) is 0 Å². The first kappa shape index (κ1) is 22.2. The lowest BCUT2D eigenvalue weighted by atomic mass is 9.78. The molecule has 2 aromatic carbocycles. The molecule has 3 rings (SSSR count). The predicted octanol–water partition coefficient (Wildman–Crippen LogP) is 7.72. The Balaban J connectivity index is 1.48. The summed E-state index contributed by atoms with van der Waals surface area (Å²) in [6.07, 6.45) is 13.3. The molecular weight excluding hydrogens is 381 g/mol. The molecule has 0 heterocycles. The number of halogens is 3. The first-order valence-electron chi connectivity index (χ1n) is 11.0. The third kappa shape index (κ3) is 6.26. The topological polar surface area (TPSA) is 0 Å². The van der Waals surface area contributed by atoms with Gasteiger partial charge < -0.3 is 0 Å². The standard InChI is InChI=1S/C27H29F3/c1-2-3-4-7-20-10-14-23(15-11-20)24-16-12-21(13-17-24)8-5-6-9-22-18-25(28)27(30)26(29)19-22/h5,8,10-11,14-15,18-19,21,24H,2-4,7,12-13,16-17H2,1H3/b8-5+/t21-,24-. The molecule has 0 unspecified atom stereocenters. The highest BCUT2D eigenvalue weighted by molar-refractivity contribution is 5.38. The number of unbranched alkanes of at least 4 members (excludes halogenated alkanes) is 2. The van der Waals surface area contributed by atoms with Gasteiger partial charge in [0.25, 0.3) is 0 Å². The third-order valence-corrected chi connectivity index (χ3v) is 5.94. The van der Waals surface area contributed by atoms with Crippen LogP contribution in [0.1, 0.15) is 74.5 Å². The van der Waals surface area contributed by atoms with Gasteiger partial charge in [0, 0.05) is 5.56 Å². The van der Waals surface area contributed by atoms with Crippen LogP contribution in [0, 0.1) is 35.2 Å². The Hall–Kier alpha value is -2.47. The molecule has 1 saturated carbocycles. The molecule has 0 aliphatic heterocycles. The summed E-state index contributed by atoms with van der Waals surface area (Å²) in [4.78, 5) is 0. The van der Waals surface area contributed by atoms with Gasteiger partial charge in [-0.25, -0.2) is 13.2 Å². The minimum absolute atomic E-state index is 0.137. The Morgan fingerprint density at radius 2 is 1.60 bits per heavy atom. The van der Waals surface area contributed by atoms with E-state index in [0.29, 0.717) is 11.8 Å². The van der Waals surface area contributed by atoms with Crippen LogP contribution in [-0.4, -0.2) is 0 Å². The highest BCUT2D eigenvalue weighted by Crippen LogP contribution is 2.36. The van der Waals surface area contributed by atoms with Gasteiger partial charge in [-0.15, -0.1) is 0 Å². The molecule has 0 radical (unpaired) electrons. The molecule has 0 aromatic heterocycles. The van der Waals surface area contributed by atoms with Crippen molar-refractivity contribution in [2.24, 2.45) is 5.92 Å². The summed E-state index contributed by atoms with van der Waals surface area (Å²) in [5.41, 5.74) is 3.01. The zero-order valence-electron chi connectivity index (χ0n) is 17.6. The Labute approximate surface area is 178 Å². The molecule has 30 heavy (non-hydrogen) atoms. The van der Waals surface area contributed by atoms with Gasteiger partial charge >= 0.3 is 0 Å². The van der Waals surface area contributed by atoms with E-state index in [1.54, 1.807) is 6.08 Å². The van der Waals surface area contributed by atoms with Gasteiger partial charge in [-0.1, -0.05) is 61.9 Å². The quantitative estimate of drug-likeness (QED) is 0.260. The fourth-order valence-electron chi connectivity index (χ4n) is 4.12. The molecule has 0 nitrogen and oxygen atoms in total. The van der Waals surface area contributed by atoms with Crippen molar-refractivity contribution in [1.29, 1.82) is 0 Å². The minimum Gasteiger partial charge on any atom is -0.204 e.